The molecule has 6 N–H and O–H groups in total. The number of Topliss-reactive ketones (excluding diaryl/α,β-unsaturated/α-hetero) is 1. The van der Waals surface area contributed by atoms with Gasteiger partial charge in [-0.15, -0.1) is 0 Å². The van der Waals surface area contributed by atoms with Crippen molar-refractivity contribution in [2.45, 2.75) is 92.4 Å². The van der Waals surface area contributed by atoms with E-state index in [0.29, 0.717) is 18.4 Å². The summed E-state index contributed by atoms with van der Waals surface area (Å²) < 4.78 is 0. The van der Waals surface area contributed by atoms with Gasteiger partial charge in [0, 0.05) is 0 Å². The van der Waals surface area contributed by atoms with Crippen LogP contribution in [-0.4, -0.2) is 53.3 Å². The first-order valence-corrected chi connectivity index (χ1v) is 12.8. The normalized spacial score (nSPS) is 16.1. The van der Waals surface area contributed by atoms with Crippen LogP contribution in [0, 0.1) is 16.7 Å². The molecule has 5 atom stereocenters. The Hall–Kier alpha value is -2.78. The molecule has 0 aromatic heterocycles. The van der Waals surface area contributed by atoms with Crippen LogP contribution >= 0.6 is 0 Å². The average Bonchev–Trinajstić information content (AvgIpc) is 2.78. The average molecular weight is 519 g/mol. The number of carbonyl (C=O) groups is 4. The Morgan fingerprint density at radius 2 is 1.38 bits per heavy atom. The summed E-state index contributed by atoms with van der Waals surface area (Å²) in [6.45, 7) is 14.3. The number of hydrogen-bond donors (Lipinski definition) is 5. The van der Waals surface area contributed by atoms with Crippen molar-refractivity contribution in [1.82, 2.24) is 16.0 Å². The fourth-order valence-electron chi connectivity index (χ4n) is 3.92. The van der Waals surface area contributed by atoms with Crippen molar-refractivity contribution in [1.29, 1.82) is 0 Å². The highest BCUT2D eigenvalue weighted by molar-refractivity contribution is 5.94. The number of hydrogen-bond acceptors (Lipinski definition) is 6. The lowest BCUT2D eigenvalue weighted by atomic mass is 9.86. The number of nitrogens with one attached hydrogen (secondary N) is 3. The number of nitrogens with two attached hydrogens (primary N) is 1. The smallest absolute Gasteiger partial charge is 0.243 e. The van der Waals surface area contributed by atoms with Crippen LogP contribution in [0.5, 0.6) is 0 Å². The minimum atomic E-state index is -1.10. The van der Waals surface area contributed by atoms with Crippen LogP contribution in [0.4, 0.5) is 0 Å². The van der Waals surface area contributed by atoms with Gasteiger partial charge in [0.25, 0.3) is 0 Å². The molecular weight excluding hydrogens is 472 g/mol. The van der Waals surface area contributed by atoms with E-state index in [4.69, 9.17) is 5.73 Å². The van der Waals surface area contributed by atoms with E-state index >= 15 is 0 Å². The maximum Gasteiger partial charge on any atom is 0.243 e. The fraction of sp³-hybridized carbons (Fsp3) is 0.643. The van der Waals surface area contributed by atoms with Gasteiger partial charge >= 0.3 is 0 Å². The van der Waals surface area contributed by atoms with Gasteiger partial charge in [-0.2, -0.15) is 0 Å². The molecule has 1 rings (SSSR count). The third-order valence-corrected chi connectivity index (χ3v) is 5.87. The van der Waals surface area contributed by atoms with Gasteiger partial charge in [0.05, 0.1) is 24.6 Å². The summed E-state index contributed by atoms with van der Waals surface area (Å²) in [5.74, 6) is -2.51. The zero-order chi connectivity index (χ0) is 28.6. The zero-order valence-electron chi connectivity index (χ0n) is 23.6. The van der Waals surface area contributed by atoms with E-state index < -0.39 is 47.8 Å². The van der Waals surface area contributed by atoms with E-state index in [1.807, 2.05) is 41.5 Å². The molecule has 0 heterocycles. The predicted octanol–water partition coefficient (Wildman–Crippen LogP) is 2.23. The predicted molar refractivity (Wildman–Crippen MR) is 144 cm³/mol. The summed E-state index contributed by atoms with van der Waals surface area (Å²) in [4.78, 5) is 51.9. The molecule has 9 heteroatoms. The largest absolute Gasteiger partial charge is 0.396 e. The molecule has 0 spiro atoms. The lowest BCUT2D eigenvalue weighted by Gasteiger charge is -2.32. The SMILES string of the molecule is CC(=O)[C@@H](NC(=O)[C@H](CC(C)(C)C)NC(=O)[C@H](N)CC(C)(C)C)[C@H](NC(=O)C(C)CO)c1ccccc1. The summed E-state index contributed by atoms with van der Waals surface area (Å²) in [6, 6.07) is 5.11. The summed E-state index contributed by atoms with van der Waals surface area (Å²) in [5.41, 5.74) is 6.24. The van der Waals surface area contributed by atoms with Crippen LogP contribution in [0.3, 0.4) is 0 Å². The van der Waals surface area contributed by atoms with Crippen LogP contribution in [0.1, 0.15) is 79.8 Å². The minimum Gasteiger partial charge on any atom is -0.396 e. The van der Waals surface area contributed by atoms with Crippen molar-refractivity contribution < 1.29 is 24.3 Å². The molecule has 1 aromatic carbocycles. The Balaban J connectivity index is 3.28. The van der Waals surface area contributed by atoms with Gasteiger partial charge in [0.1, 0.15) is 12.1 Å². The maximum atomic E-state index is 13.5. The number of benzene rings is 1. The molecule has 0 fully saturated rings. The summed E-state index contributed by atoms with van der Waals surface area (Å²) >= 11 is 0. The van der Waals surface area contributed by atoms with E-state index in [1.54, 1.807) is 37.3 Å². The second-order valence-electron chi connectivity index (χ2n) is 12.3. The Bertz CT molecular complexity index is 921. The molecule has 37 heavy (non-hydrogen) atoms. The van der Waals surface area contributed by atoms with Gasteiger partial charge in [-0.25, -0.2) is 0 Å². The molecule has 1 aromatic rings. The first kappa shape index (κ1) is 32.2. The van der Waals surface area contributed by atoms with Crippen molar-refractivity contribution >= 4 is 23.5 Å². The van der Waals surface area contributed by atoms with E-state index in [-0.39, 0.29) is 23.2 Å². The molecule has 1 unspecified atom stereocenters. The molecule has 0 saturated carbocycles. The number of ketones is 1. The Morgan fingerprint density at radius 1 is 0.838 bits per heavy atom. The maximum absolute atomic E-state index is 13.5. The minimum absolute atomic E-state index is 0.176. The highest BCUT2D eigenvalue weighted by Crippen LogP contribution is 2.24. The molecule has 3 amide bonds. The first-order chi connectivity index (χ1) is 16.9. The molecule has 0 aliphatic rings. The van der Waals surface area contributed by atoms with E-state index in [1.165, 1.54) is 6.92 Å². The molecular formula is C28H46N4O5. The highest BCUT2D eigenvalue weighted by atomic mass is 16.3. The zero-order valence-corrected chi connectivity index (χ0v) is 23.6. The summed E-state index contributed by atoms with van der Waals surface area (Å²) in [5, 5.41) is 17.8. The van der Waals surface area contributed by atoms with Crippen LogP contribution in [0.2, 0.25) is 0 Å². The first-order valence-electron chi connectivity index (χ1n) is 12.8. The monoisotopic (exact) mass is 518 g/mol. The van der Waals surface area contributed by atoms with Crippen LogP contribution in [-0.2, 0) is 19.2 Å². The third kappa shape index (κ3) is 11.4. The standard InChI is InChI=1S/C28H46N4O5/c1-17(16-33)24(35)32-23(19-12-10-9-11-13-19)22(18(2)34)31-26(37)21(15-28(6,7)8)30-25(36)20(29)14-27(3,4)5/h9-13,17,20-23,33H,14-16,29H2,1-8H3,(H,30,36)(H,31,37)(H,32,35)/t17?,20-,21+,22-,23-/m1/s1. The van der Waals surface area contributed by atoms with Gasteiger partial charge in [-0.1, -0.05) is 78.8 Å². The van der Waals surface area contributed by atoms with Gasteiger partial charge in [-0.05, 0) is 36.2 Å². The number of carbonyl (C=O) groups excluding carboxylic acids is 4. The van der Waals surface area contributed by atoms with Crippen molar-refractivity contribution in [3.05, 3.63) is 35.9 Å². The molecule has 0 saturated heterocycles. The van der Waals surface area contributed by atoms with Crippen LogP contribution in [0.25, 0.3) is 0 Å². The van der Waals surface area contributed by atoms with Crippen LogP contribution < -0.4 is 21.7 Å². The van der Waals surface area contributed by atoms with Crippen molar-refractivity contribution in [3.63, 3.8) is 0 Å². The third-order valence-electron chi connectivity index (χ3n) is 5.87. The lowest BCUT2D eigenvalue weighted by molar-refractivity contribution is -0.133. The number of aliphatic hydroxyl groups is 1. The van der Waals surface area contributed by atoms with E-state index in [2.05, 4.69) is 16.0 Å². The van der Waals surface area contributed by atoms with Gasteiger partial charge in [0.15, 0.2) is 5.78 Å². The van der Waals surface area contributed by atoms with Crippen molar-refractivity contribution in [2.75, 3.05) is 6.61 Å². The Labute approximate surface area is 221 Å². The molecule has 0 radical (unpaired) electrons. The molecule has 0 bridgehead atoms. The fourth-order valence-corrected chi connectivity index (χ4v) is 3.92. The number of aliphatic hydroxyl groups excluding tert-OH is 1. The Kier molecular flexibility index (Phi) is 11.9. The second kappa shape index (κ2) is 13.7. The topological polar surface area (TPSA) is 151 Å². The van der Waals surface area contributed by atoms with Gasteiger partial charge < -0.3 is 26.8 Å². The number of rotatable bonds is 12. The molecule has 9 nitrogen and oxygen atoms in total. The molecule has 0 aliphatic carbocycles. The highest BCUT2D eigenvalue weighted by Gasteiger charge is 2.35. The second-order valence-corrected chi connectivity index (χ2v) is 12.3. The van der Waals surface area contributed by atoms with Gasteiger partial charge in [0.2, 0.25) is 17.7 Å². The van der Waals surface area contributed by atoms with Crippen LogP contribution in [0.15, 0.2) is 30.3 Å². The van der Waals surface area contributed by atoms with E-state index in [0.717, 1.165) is 0 Å². The van der Waals surface area contributed by atoms with E-state index in [9.17, 15) is 24.3 Å². The summed E-state index contributed by atoms with van der Waals surface area (Å²) in [7, 11) is 0. The quantitative estimate of drug-likeness (QED) is 0.286. The molecule has 0 aliphatic heterocycles. The lowest BCUT2D eigenvalue weighted by Crippen LogP contribution is -2.58. The number of amides is 3. The van der Waals surface area contributed by atoms with Crippen molar-refractivity contribution in [2.24, 2.45) is 22.5 Å². The molecule has 208 valence electrons. The van der Waals surface area contributed by atoms with Crippen molar-refractivity contribution in [3.8, 4) is 0 Å². The van der Waals surface area contributed by atoms with Gasteiger partial charge in [-0.3, -0.25) is 19.2 Å². The Morgan fingerprint density at radius 3 is 1.84 bits per heavy atom. The summed E-state index contributed by atoms with van der Waals surface area (Å²) in [6.07, 6.45) is 0.741.